The Bertz CT molecular complexity index is 1460. The SMILES string of the molecule is CC(C)C[C@@H]1NC(=O)[C@H](Cc2ccc(O)cc2)NC(=O)[C@@H]2CCCN2[C@@H](C(=O)NC(C)(C)C)NC(=O)C([C@@H](C)O)NC(=O)[C@H](CC(=O)O)NC1=O. The number of nitrogens with zero attached hydrogens (tertiary/aromatic N) is 1. The Morgan fingerprint density at radius 2 is 1.41 bits per heavy atom. The van der Waals surface area contributed by atoms with Gasteiger partial charge in [0.05, 0.1) is 18.6 Å². The van der Waals surface area contributed by atoms with Gasteiger partial charge in [0.1, 0.15) is 29.9 Å². The molecule has 17 nitrogen and oxygen atoms in total. The van der Waals surface area contributed by atoms with E-state index in [1.165, 1.54) is 24.0 Å². The smallest absolute Gasteiger partial charge is 0.305 e. The van der Waals surface area contributed by atoms with Crippen molar-refractivity contribution in [1.82, 2.24) is 36.8 Å². The molecule has 51 heavy (non-hydrogen) atoms. The predicted molar refractivity (Wildman–Crippen MR) is 182 cm³/mol. The summed E-state index contributed by atoms with van der Waals surface area (Å²) >= 11 is 0. The van der Waals surface area contributed by atoms with Gasteiger partial charge < -0.3 is 47.2 Å². The minimum atomic E-state index is -1.73. The van der Waals surface area contributed by atoms with Crippen LogP contribution in [0.15, 0.2) is 24.3 Å². The number of carboxylic acid groups (broad SMARTS) is 1. The lowest BCUT2D eigenvalue weighted by atomic mass is 10.00. The lowest BCUT2D eigenvalue weighted by Gasteiger charge is -2.35. The van der Waals surface area contributed by atoms with Crippen molar-refractivity contribution >= 4 is 41.4 Å². The zero-order valence-corrected chi connectivity index (χ0v) is 29.8. The number of carbonyl (C=O) groups excluding carboxylic acids is 6. The molecule has 0 radical (unpaired) electrons. The second-order valence-corrected chi connectivity index (χ2v) is 14.6. The highest BCUT2D eigenvalue weighted by Crippen LogP contribution is 2.22. The number of aromatic hydroxyl groups is 1. The number of amides is 6. The molecule has 17 heteroatoms. The van der Waals surface area contributed by atoms with Crippen LogP contribution in [0.2, 0.25) is 0 Å². The zero-order valence-electron chi connectivity index (χ0n) is 29.8. The number of fused-ring (bicyclic) bond motifs is 1. The molecule has 9 N–H and O–H groups in total. The molecular formula is C34H51N7O10. The fourth-order valence-corrected chi connectivity index (χ4v) is 5.98. The highest BCUT2D eigenvalue weighted by atomic mass is 16.4. The van der Waals surface area contributed by atoms with Gasteiger partial charge in [-0.25, -0.2) is 0 Å². The van der Waals surface area contributed by atoms with Gasteiger partial charge >= 0.3 is 5.97 Å². The Morgan fingerprint density at radius 1 is 0.843 bits per heavy atom. The van der Waals surface area contributed by atoms with Gasteiger partial charge in [0.25, 0.3) is 5.91 Å². The number of phenolic OH excluding ortho intramolecular Hbond substituents is 1. The number of hydrogen-bond acceptors (Lipinski definition) is 10. The van der Waals surface area contributed by atoms with Gasteiger partial charge in [-0.3, -0.25) is 38.5 Å². The Morgan fingerprint density at radius 3 is 1.98 bits per heavy atom. The van der Waals surface area contributed by atoms with E-state index in [1.54, 1.807) is 46.8 Å². The Hall–Kier alpha value is -4.77. The second kappa shape index (κ2) is 17.4. The molecule has 6 amide bonds. The Kier molecular flexibility index (Phi) is 13.9. The van der Waals surface area contributed by atoms with Gasteiger partial charge in [-0.05, 0) is 70.6 Å². The first-order valence-electron chi connectivity index (χ1n) is 17.0. The summed E-state index contributed by atoms with van der Waals surface area (Å²) in [5, 5.41) is 45.3. The molecule has 1 aromatic carbocycles. The third-order valence-corrected chi connectivity index (χ3v) is 8.38. The van der Waals surface area contributed by atoms with Gasteiger partial charge in [0.2, 0.25) is 29.5 Å². The molecule has 1 aromatic rings. The molecule has 2 heterocycles. The van der Waals surface area contributed by atoms with Crippen molar-refractivity contribution in [3.63, 3.8) is 0 Å². The second-order valence-electron chi connectivity index (χ2n) is 14.6. The minimum Gasteiger partial charge on any atom is -0.508 e. The summed E-state index contributed by atoms with van der Waals surface area (Å²) in [6.45, 7) is 10.1. The summed E-state index contributed by atoms with van der Waals surface area (Å²) in [6.07, 6.45) is -3.23. The molecule has 1 unspecified atom stereocenters. The van der Waals surface area contributed by atoms with E-state index in [1.807, 2.05) is 0 Å². The lowest BCUT2D eigenvalue weighted by molar-refractivity contribution is -0.143. The van der Waals surface area contributed by atoms with Crippen LogP contribution < -0.4 is 31.9 Å². The highest BCUT2D eigenvalue weighted by Gasteiger charge is 2.43. The number of benzene rings is 1. The van der Waals surface area contributed by atoms with Crippen LogP contribution in [0.1, 0.15) is 72.8 Å². The van der Waals surface area contributed by atoms with Crippen molar-refractivity contribution in [2.24, 2.45) is 5.92 Å². The minimum absolute atomic E-state index is 0.0178. The van der Waals surface area contributed by atoms with Crippen LogP contribution in [0.4, 0.5) is 0 Å². The summed E-state index contributed by atoms with van der Waals surface area (Å²) in [4.78, 5) is 95.7. The number of hydrogen-bond donors (Lipinski definition) is 9. The molecule has 0 aliphatic carbocycles. The number of phenols is 1. The van der Waals surface area contributed by atoms with Crippen molar-refractivity contribution in [2.45, 2.75) is 122 Å². The van der Waals surface area contributed by atoms with Gasteiger partial charge in [-0.2, -0.15) is 0 Å². The van der Waals surface area contributed by atoms with Crippen LogP contribution in [0, 0.1) is 5.92 Å². The molecule has 3 rings (SSSR count). The number of rotatable bonds is 8. The predicted octanol–water partition coefficient (Wildman–Crippen LogP) is -1.39. The van der Waals surface area contributed by atoms with Crippen LogP contribution in [0.5, 0.6) is 5.75 Å². The number of carboxylic acids is 1. The Labute approximate surface area is 296 Å². The summed E-state index contributed by atoms with van der Waals surface area (Å²) in [5.74, 6) is -6.73. The molecule has 0 saturated carbocycles. The average molecular weight is 718 g/mol. The number of aliphatic hydroxyl groups is 1. The third-order valence-electron chi connectivity index (χ3n) is 8.38. The maximum absolute atomic E-state index is 14.0. The van der Waals surface area contributed by atoms with Crippen LogP contribution in [-0.2, 0) is 40.0 Å². The molecule has 2 fully saturated rings. The maximum Gasteiger partial charge on any atom is 0.305 e. The number of aliphatic hydroxyl groups excluding tert-OH is 1. The summed E-state index contributed by atoms with van der Waals surface area (Å²) in [5.41, 5.74) is -0.211. The van der Waals surface area contributed by atoms with E-state index in [4.69, 9.17) is 0 Å². The topological polar surface area (TPSA) is 256 Å². The van der Waals surface area contributed by atoms with E-state index in [0.717, 1.165) is 0 Å². The summed E-state index contributed by atoms with van der Waals surface area (Å²) in [6, 6.07) is -1.05. The van der Waals surface area contributed by atoms with E-state index in [9.17, 15) is 48.9 Å². The van der Waals surface area contributed by atoms with Gasteiger partial charge in [0.15, 0.2) is 6.17 Å². The molecule has 7 atom stereocenters. The van der Waals surface area contributed by atoms with Gasteiger partial charge in [0, 0.05) is 18.5 Å². The third kappa shape index (κ3) is 11.9. The van der Waals surface area contributed by atoms with Crippen LogP contribution in [0.25, 0.3) is 0 Å². The van der Waals surface area contributed by atoms with E-state index in [-0.39, 0.29) is 37.5 Å². The van der Waals surface area contributed by atoms with Gasteiger partial charge in [-0.15, -0.1) is 0 Å². The first-order chi connectivity index (χ1) is 23.7. The average Bonchev–Trinajstić information content (AvgIpc) is 3.50. The summed E-state index contributed by atoms with van der Waals surface area (Å²) in [7, 11) is 0. The first kappa shape index (κ1) is 40.7. The lowest BCUT2D eigenvalue weighted by Crippen LogP contribution is -2.66. The molecule has 2 aliphatic rings. The molecule has 2 saturated heterocycles. The molecule has 2 aliphatic heterocycles. The van der Waals surface area contributed by atoms with E-state index in [0.29, 0.717) is 12.0 Å². The molecule has 0 spiro atoms. The van der Waals surface area contributed by atoms with Crippen molar-refractivity contribution < 1.29 is 48.9 Å². The van der Waals surface area contributed by atoms with Gasteiger partial charge in [-0.1, -0.05) is 26.0 Å². The highest BCUT2D eigenvalue weighted by molar-refractivity contribution is 5.98. The van der Waals surface area contributed by atoms with E-state index in [2.05, 4.69) is 31.9 Å². The largest absolute Gasteiger partial charge is 0.508 e. The quantitative estimate of drug-likeness (QED) is 0.151. The molecule has 0 bridgehead atoms. The van der Waals surface area contributed by atoms with Crippen molar-refractivity contribution in [3.05, 3.63) is 29.8 Å². The zero-order chi connectivity index (χ0) is 38.2. The number of aliphatic carboxylic acids is 1. The van der Waals surface area contributed by atoms with Crippen LogP contribution in [-0.4, -0.2) is 116 Å². The van der Waals surface area contributed by atoms with Crippen molar-refractivity contribution in [2.75, 3.05) is 6.54 Å². The molecular weight excluding hydrogens is 666 g/mol. The normalized spacial score (nSPS) is 26.5. The molecule has 282 valence electrons. The van der Waals surface area contributed by atoms with Crippen LogP contribution in [0.3, 0.4) is 0 Å². The first-order valence-corrected chi connectivity index (χ1v) is 17.0. The van der Waals surface area contributed by atoms with Crippen LogP contribution >= 0.6 is 0 Å². The number of carbonyl (C=O) groups is 7. The fraction of sp³-hybridized carbons (Fsp3) is 0.618. The Balaban J connectivity index is 2.15. The summed E-state index contributed by atoms with van der Waals surface area (Å²) < 4.78 is 0. The monoisotopic (exact) mass is 717 g/mol. The van der Waals surface area contributed by atoms with Crippen molar-refractivity contribution in [1.29, 1.82) is 0 Å². The number of nitrogens with one attached hydrogen (secondary N) is 6. The van der Waals surface area contributed by atoms with E-state index < -0.39 is 95.9 Å². The standard InChI is InChI=1S/C34H51N7O10/c1-17(2)14-21-28(46)36-23(16-25(44)45)30(48)38-26(18(3)42)32(50)39-27(33(51)40-34(4,5)6)41-13-7-8-24(41)31(49)37-22(29(47)35-21)15-19-9-11-20(43)12-10-19/h9-12,17-18,21-24,26-27,42-43H,7-8,13-16H2,1-6H3,(H,35,47)(H,36,46)(H,37,49)(H,38,48)(H,39,50)(H,40,51)(H,44,45)/t18-,21+,22+,23+,24+,26?,27+/m1/s1. The van der Waals surface area contributed by atoms with E-state index >= 15 is 0 Å². The maximum atomic E-state index is 14.0. The molecule has 0 aromatic heterocycles. The van der Waals surface area contributed by atoms with Crippen molar-refractivity contribution in [3.8, 4) is 5.75 Å². The fourth-order valence-electron chi connectivity index (χ4n) is 5.98.